The van der Waals surface area contributed by atoms with Crippen molar-refractivity contribution in [1.82, 2.24) is 20.2 Å². The lowest BCUT2D eigenvalue weighted by atomic mass is 10.2. The van der Waals surface area contributed by atoms with Crippen LogP contribution in [0, 0.1) is 0 Å². The Hall–Kier alpha value is -3.19. The van der Waals surface area contributed by atoms with Crippen molar-refractivity contribution in [3.63, 3.8) is 0 Å². The van der Waals surface area contributed by atoms with Crippen LogP contribution in [0.5, 0.6) is 5.75 Å². The Morgan fingerprint density at radius 1 is 1.03 bits per heavy atom. The molecular weight excluding hydrogens is 378 g/mol. The Kier molecular flexibility index (Phi) is 6.39. The van der Waals surface area contributed by atoms with Gasteiger partial charge in [0.2, 0.25) is 0 Å². The third kappa shape index (κ3) is 4.68. The second-order valence-corrected chi connectivity index (χ2v) is 7.37. The van der Waals surface area contributed by atoms with Gasteiger partial charge in [-0.2, -0.15) is 0 Å². The lowest BCUT2D eigenvalue weighted by Crippen LogP contribution is -2.47. The number of piperazine rings is 1. The Balaban J connectivity index is 1.20. The quantitative estimate of drug-likeness (QED) is 0.610. The number of para-hydroxylation sites is 2. The fourth-order valence-electron chi connectivity index (χ4n) is 3.81. The molecule has 0 atom stereocenters. The smallest absolute Gasteiger partial charge is 0.251 e. The minimum absolute atomic E-state index is 0.0662. The molecule has 2 aromatic carbocycles. The van der Waals surface area contributed by atoms with Gasteiger partial charge in [-0.25, -0.2) is 0 Å². The number of benzene rings is 2. The van der Waals surface area contributed by atoms with Crippen LogP contribution in [-0.4, -0.2) is 67.2 Å². The number of amides is 1. The van der Waals surface area contributed by atoms with Crippen molar-refractivity contribution < 1.29 is 9.53 Å². The normalized spacial score (nSPS) is 14.6. The molecule has 0 unspecified atom stereocenters. The third-order valence-electron chi connectivity index (χ3n) is 5.47. The van der Waals surface area contributed by atoms with Gasteiger partial charge in [-0.1, -0.05) is 12.1 Å². The van der Waals surface area contributed by atoms with Crippen LogP contribution in [0.3, 0.4) is 0 Å². The molecule has 1 aliphatic heterocycles. The van der Waals surface area contributed by atoms with Gasteiger partial charge in [0.05, 0.1) is 23.8 Å². The molecule has 1 N–H and O–H groups in total. The maximum absolute atomic E-state index is 12.4. The first-order valence-corrected chi connectivity index (χ1v) is 10.3. The molecule has 0 spiro atoms. The average Bonchev–Trinajstić information content (AvgIpc) is 2.81. The summed E-state index contributed by atoms with van der Waals surface area (Å²) in [4.78, 5) is 25.7. The first-order valence-electron chi connectivity index (χ1n) is 10.3. The molecule has 1 saturated heterocycles. The number of fused-ring (bicyclic) bond motifs is 1. The van der Waals surface area contributed by atoms with E-state index in [2.05, 4.69) is 37.2 Å². The molecule has 1 aromatic heterocycles. The molecule has 2 heterocycles. The van der Waals surface area contributed by atoms with Gasteiger partial charge in [0, 0.05) is 50.7 Å². The average molecular weight is 406 g/mol. The predicted molar refractivity (Wildman–Crippen MR) is 118 cm³/mol. The largest absolute Gasteiger partial charge is 0.495 e. The summed E-state index contributed by atoms with van der Waals surface area (Å²) in [6.07, 6.45) is 4.21. The number of rotatable bonds is 7. The Morgan fingerprint density at radius 3 is 2.60 bits per heavy atom. The summed E-state index contributed by atoms with van der Waals surface area (Å²) in [5, 5.41) is 3.01. The number of hydrogen-bond donors (Lipinski definition) is 1. The summed E-state index contributed by atoms with van der Waals surface area (Å²) < 4.78 is 5.48. The van der Waals surface area contributed by atoms with E-state index in [1.54, 1.807) is 31.6 Å². The highest BCUT2D eigenvalue weighted by Crippen LogP contribution is 2.28. The minimum Gasteiger partial charge on any atom is -0.495 e. The summed E-state index contributed by atoms with van der Waals surface area (Å²) in [7, 11) is 1.72. The molecule has 0 saturated carbocycles. The van der Waals surface area contributed by atoms with Crippen LogP contribution in [-0.2, 0) is 0 Å². The lowest BCUT2D eigenvalue weighted by Gasteiger charge is -2.36. The van der Waals surface area contributed by atoms with Gasteiger partial charge in [-0.05, 0) is 43.3 Å². The maximum Gasteiger partial charge on any atom is 0.251 e. The topological polar surface area (TPSA) is 70.6 Å². The standard InChI is InChI=1S/C23H27N5O2/c1-30-22-6-3-2-5-21(22)28-15-13-27(14-16-28)12-4-9-26-23(29)18-7-8-19-20(17-18)25-11-10-24-19/h2-3,5-8,10-11,17H,4,9,12-16H2,1H3,(H,26,29). The molecule has 0 radical (unpaired) electrons. The van der Waals surface area contributed by atoms with E-state index in [-0.39, 0.29) is 5.91 Å². The number of carbonyl (C=O) groups is 1. The Morgan fingerprint density at radius 2 is 1.80 bits per heavy atom. The molecule has 156 valence electrons. The van der Waals surface area contributed by atoms with E-state index in [0.717, 1.165) is 61.6 Å². The van der Waals surface area contributed by atoms with Crippen LogP contribution in [0.1, 0.15) is 16.8 Å². The van der Waals surface area contributed by atoms with Crippen molar-refractivity contribution in [2.24, 2.45) is 0 Å². The van der Waals surface area contributed by atoms with Crippen LogP contribution < -0.4 is 15.0 Å². The number of carbonyl (C=O) groups excluding carboxylic acids is 1. The molecule has 30 heavy (non-hydrogen) atoms. The van der Waals surface area contributed by atoms with Crippen molar-refractivity contribution in [2.45, 2.75) is 6.42 Å². The fourth-order valence-corrected chi connectivity index (χ4v) is 3.81. The molecule has 0 aliphatic carbocycles. The minimum atomic E-state index is -0.0662. The van der Waals surface area contributed by atoms with E-state index >= 15 is 0 Å². The van der Waals surface area contributed by atoms with E-state index in [4.69, 9.17) is 4.74 Å². The monoisotopic (exact) mass is 405 g/mol. The summed E-state index contributed by atoms with van der Waals surface area (Å²) in [6.45, 7) is 5.60. The van der Waals surface area contributed by atoms with Crippen LogP contribution in [0.15, 0.2) is 54.9 Å². The van der Waals surface area contributed by atoms with Gasteiger partial charge < -0.3 is 15.0 Å². The summed E-state index contributed by atoms with van der Waals surface area (Å²) in [6, 6.07) is 13.6. The fraction of sp³-hybridized carbons (Fsp3) is 0.348. The predicted octanol–water partition coefficient (Wildman–Crippen LogP) is 2.58. The van der Waals surface area contributed by atoms with E-state index < -0.39 is 0 Å². The summed E-state index contributed by atoms with van der Waals surface area (Å²) in [5.74, 6) is 0.858. The van der Waals surface area contributed by atoms with Gasteiger partial charge in [0.15, 0.2) is 0 Å². The van der Waals surface area contributed by atoms with Crippen LogP contribution in [0.2, 0.25) is 0 Å². The molecule has 7 nitrogen and oxygen atoms in total. The maximum atomic E-state index is 12.4. The first kappa shape index (κ1) is 20.1. The first-order chi connectivity index (χ1) is 14.7. The highest BCUT2D eigenvalue weighted by atomic mass is 16.5. The molecule has 1 aliphatic rings. The number of methoxy groups -OCH3 is 1. The second-order valence-electron chi connectivity index (χ2n) is 7.37. The third-order valence-corrected chi connectivity index (χ3v) is 5.47. The number of anilines is 1. The second kappa shape index (κ2) is 9.54. The van der Waals surface area contributed by atoms with Crippen molar-refractivity contribution in [3.05, 3.63) is 60.4 Å². The Bertz CT molecular complexity index is 1000. The molecule has 4 rings (SSSR count). The van der Waals surface area contributed by atoms with Gasteiger partial charge in [-0.15, -0.1) is 0 Å². The van der Waals surface area contributed by atoms with Crippen LogP contribution in [0.25, 0.3) is 11.0 Å². The molecule has 1 amide bonds. The molecule has 7 heteroatoms. The van der Waals surface area contributed by atoms with E-state index in [0.29, 0.717) is 12.1 Å². The molecular formula is C23H27N5O2. The zero-order valence-corrected chi connectivity index (χ0v) is 17.3. The van der Waals surface area contributed by atoms with Gasteiger partial charge >= 0.3 is 0 Å². The number of hydrogen-bond acceptors (Lipinski definition) is 6. The Labute approximate surface area is 176 Å². The van der Waals surface area contributed by atoms with Crippen LogP contribution in [0.4, 0.5) is 5.69 Å². The van der Waals surface area contributed by atoms with Crippen molar-refractivity contribution >= 4 is 22.6 Å². The summed E-state index contributed by atoms with van der Waals surface area (Å²) >= 11 is 0. The highest BCUT2D eigenvalue weighted by molar-refractivity contribution is 5.97. The molecule has 1 fully saturated rings. The molecule has 0 bridgehead atoms. The van der Waals surface area contributed by atoms with Crippen molar-refractivity contribution in [2.75, 3.05) is 51.3 Å². The number of nitrogens with zero attached hydrogens (tertiary/aromatic N) is 4. The number of ether oxygens (including phenoxy) is 1. The zero-order chi connectivity index (χ0) is 20.8. The van der Waals surface area contributed by atoms with E-state index in [1.807, 2.05) is 18.2 Å². The number of aromatic nitrogens is 2. The van der Waals surface area contributed by atoms with Gasteiger partial charge in [0.25, 0.3) is 5.91 Å². The van der Waals surface area contributed by atoms with E-state index in [1.165, 1.54) is 0 Å². The highest BCUT2D eigenvalue weighted by Gasteiger charge is 2.19. The van der Waals surface area contributed by atoms with Gasteiger partial charge in [0.1, 0.15) is 5.75 Å². The van der Waals surface area contributed by atoms with Crippen molar-refractivity contribution in [3.8, 4) is 5.75 Å². The number of nitrogens with one attached hydrogen (secondary N) is 1. The van der Waals surface area contributed by atoms with Crippen molar-refractivity contribution in [1.29, 1.82) is 0 Å². The lowest BCUT2D eigenvalue weighted by molar-refractivity contribution is 0.0951. The summed E-state index contributed by atoms with van der Waals surface area (Å²) in [5.41, 5.74) is 3.31. The SMILES string of the molecule is COc1ccccc1N1CCN(CCCNC(=O)c2ccc3nccnc3c2)CC1. The van der Waals surface area contributed by atoms with Crippen LogP contribution >= 0.6 is 0 Å². The van der Waals surface area contributed by atoms with Gasteiger partial charge in [-0.3, -0.25) is 19.7 Å². The van der Waals surface area contributed by atoms with E-state index in [9.17, 15) is 4.79 Å². The molecule has 3 aromatic rings. The zero-order valence-electron chi connectivity index (χ0n) is 17.3.